The minimum absolute atomic E-state index is 0.132. The second kappa shape index (κ2) is 9.91. The monoisotopic (exact) mass is 352 g/mol. The lowest BCUT2D eigenvalue weighted by Gasteiger charge is -2.11. The Hall–Kier alpha value is -3.10. The number of carbonyl (C=O) groups is 4. The van der Waals surface area contributed by atoms with Crippen LogP contribution in [-0.4, -0.2) is 57.5 Å². The van der Waals surface area contributed by atoms with E-state index in [4.69, 9.17) is 14.2 Å². The van der Waals surface area contributed by atoms with E-state index < -0.39 is 25.1 Å². The molecule has 0 aliphatic carbocycles. The van der Waals surface area contributed by atoms with Gasteiger partial charge in [0.05, 0.1) is 13.7 Å². The molecule has 0 saturated heterocycles. The van der Waals surface area contributed by atoms with Crippen molar-refractivity contribution in [2.24, 2.45) is 0 Å². The molecule has 0 heterocycles. The zero-order valence-corrected chi connectivity index (χ0v) is 14.2. The van der Waals surface area contributed by atoms with Gasteiger partial charge in [0.15, 0.2) is 30.5 Å². The Balaban J connectivity index is 2.45. The Bertz CT molecular complexity index is 658. The van der Waals surface area contributed by atoms with Gasteiger partial charge < -0.3 is 24.8 Å². The molecule has 0 aromatic heterocycles. The van der Waals surface area contributed by atoms with Gasteiger partial charge >= 0.3 is 5.97 Å². The highest BCUT2D eigenvalue weighted by molar-refractivity contribution is 5.94. The minimum atomic E-state index is -0.771. The first-order valence-corrected chi connectivity index (χ1v) is 7.32. The summed E-state index contributed by atoms with van der Waals surface area (Å²) in [4.78, 5) is 45.2. The van der Waals surface area contributed by atoms with Crippen molar-refractivity contribution < 1.29 is 33.4 Å². The van der Waals surface area contributed by atoms with E-state index in [0.29, 0.717) is 11.3 Å². The summed E-state index contributed by atoms with van der Waals surface area (Å²) in [5.41, 5.74) is 0.444. The summed E-state index contributed by atoms with van der Waals surface area (Å²) in [6, 6.07) is 4.53. The molecule has 9 nitrogen and oxygen atoms in total. The molecule has 1 aromatic carbocycles. The molecule has 1 aromatic rings. The van der Waals surface area contributed by atoms with Crippen molar-refractivity contribution >= 4 is 23.6 Å². The smallest absolute Gasteiger partial charge is 0.344 e. The summed E-state index contributed by atoms with van der Waals surface area (Å²) < 4.78 is 15.1. The number of hydrogen-bond acceptors (Lipinski definition) is 7. The van der Waals surface area contributed by atoms with Crippen LogP contribution >= 0.6 is 0 Å². The van der Waals surface area contributed by atoms with E-state index in [1.807, 2.05) is 0 Å². The van der Waals surface area contributed by atoms with Crippen LogP contribution in [-0.2, 0) is 19.1 Å². The number of Topliss-reactive ketones (excluding diaryl/α,β-unsaturated/α-hetero) is 1. The first-order chi connectivity index (χ1) is 11.9. The molecule has 9 heteroatoms. The number of likely N-dealkylation sites (N-methyl/N-ethyl adjacent to an activating group) is 1. The Morgan fingerprint density at radius 2 is 1.76 bits per heavy atom. The molecule has 136 valence electrons. The number of methoxy groups -OCH3 is 1. The zero-order chi connectivity index (χ0) is 18.8. The van der Waals surface area contributed by atoms with Gasteiger partial charge in [-0.15, -0.1) is 0 Å². The number of ketones is 1. The number of rotatable bonds is 9. The number of nitrogens with one attached hydrogen (secondary N) is 2. The fourth-order valence-electron chi connectivity index (χ4n) is 1.65. The fraction of sp³-hybridized carbons (Fsp3) is 0.375. The van der Waals surface area contributed by atoms with E-state index in [1.54, 1.807) is 0 Å². The van der Waals surface area contributed by atoms with E-state index in [0.717, 1.165) is 0 Å². The summed E-state index contributed by atoms with van der Waals surface area (Å²) in [6.45, 7) is 0.239. The Kier molecular flexibility index (Phi) is 7.91. The van der Waals surface area contributed by atoms with Crippen LogP contribution in [0.2, 0.25) is 0 Å². The van der Waals surface area contributed by atoms with E-state index in [1.165, 1.54) is 39.3 Å². The highest BCUT2D eigenvalue weighted by atomic mass is 16.6. The van der Waals surface area contributed by atoms with Gasteiger partial charge in [-0.2, -0.15) is 0 Å². The summed E-state index contributed by atoms with van der Waals surface area (Å²) >= 11 is 0. The average Bonchev–Trinajstić information content (AvgIpc) is 2.62. The molecule has 2 N–H and O–H groups in total. The molecule has 0 aliphatic rings. The average molecular weight is 352 g/mol. The van der Waals surface area contributed by atoms with E-state index in [2.05, 4.69) is 10.6 Å². The highest BCUT2D eigenvalue weighted by Crippen LogP contribution is 2.28. The Labute approximate surface area is 144 Å². The number of esters is 1. The lowest BCUT2D eigenvalue weighted by Crippen LogP contribution is -2.37. The molecule has 1 rings (SSSR count). The summed E-state index contributed by atoms with van der Waals surface area (Å²) in [5.74, 6) is -1.33. The Morgan fingerprint density at radius 1 is 1.04 bits per heavy atom. The maximum atomic E-state index is 11.6. The third-order valence-electron chi connectivity index (χ3n) is 3.00. The predicted molar refractivity (Wildman–Crippen MR) is 86.5 cm³/mol. The molecular formula is C16H20N2O7. The van der Waals surface area contributed by atoms with Gasteiger partial charge in [-0.05, 0) is 25.1 Å². The number of amides is 2. The predicted octanol–water partition coefficient (Wildman–Crippen LogP) is -0.318. The largest absolute Gasteiger partial charge is 0.493 e. The third kappa shape index (κ3) is 6.90. The van der Waals surface area contributed by atoms with Crippen molar-refractivity contribution in [2.75, 3.05) is 33.9 Å². The maximum absolute atomic E-state index is 11.6. The molecule has 0 fully saturated rings. The first kappa shape index (κ1) is 19.9. The van der Waals surface area contributed by atoms with Crippen LogP contribution in [0, 0.1) is 0 Å². The molecule has 0 unspecified atom stereocenters. The second-order valence-corrected chi connectivity index (χ2v) is 4.82. The number of ether oxygens (including phenoxy) is 3. The summed E-state index contributed by atoms with van der Waals surface area (Å²) in [6.07, 6.45) is 0. The molecule has 0 saturated carbocycles. The van der Waals surface area contributed by atoms with Gasteiger partial charge in [0.2, 0.25) is 5.91 Å². The van der Waals surface area contributed by atoms with Crippen molar-refractivity contribution in [3.63, 3.8) is 0 Å². The molecule has 2 amide bonds. The van der Waals surface area contributed by atoms with Crippen molar-refractivity contribution in [3.05, 3.63) is 23.8 Å². The fourth-order valence-corrected chi connectivity index (χ4v) is 1.65. The van der Waals surface area contributed by atoms with Crippen molar-refractivity contribution in [1.82, 2.24) is 10.6 Å². The van der Waals surface area contributed by atoms with Gasteiger partial charge in [-0.3, -0.25) is 14.4 Å². The van der Waals surface area contributed by atoms with Crippen molar-refractivity contribution in [1.29, 1.82) is 0 Å². The highest BCUT2D eigenvalue weighted by Gasteiger charge is 2.12. The first-order valence-electron chi connectivity index (χ1n) is 7.32. The van der Waals surface area contributed by atoms with Crippen LogP contribution < -0.4 is 20.1 Å². The lowest BCUT2D eigenvalue weighted by atomic mass is 10.1. The lowest BCUT2D eigenvalue weighted by molar-refractivity contribution is -0.150. The molecule has 0 atom stereocenters. The van der Waals surface area contributed by atoms with Gasteiger partial charge in [0.1, 0.15) is 0 Å². The Morgan fingerprint density at radius 3 is 2.36 bits per heavy atom. The zero-order valence-electron chi connectivity index (χ0n) is 14.2. The van der Waals surface area contributed by atoms with Crippen molar-refractivity contribution in [3.8, 4) is 11.5 Å². The van der Waals surface area contributed by atoms with Gasteiger partial charge in [-0.1, -0.05) is 0 Å². The van der Waals surface area contributed by atoms with Gasteiger partial charge in [0.25, 0.3) is 5.91 Å². The molecular weight excluding hydrogens is 332 g/mol. The van der Waals surface area contributed by atoms with Crippen molar-refractivity contribution in [2.45, 2.75) is 6.92 Å². The topological polar surface area (TPSA) is 120 Å². The molecule has 0 spiro atoms. The molecule has 25 heavy (non-hydrogen) atoms. The van der Waals surface area contributed by atoms with Crippen LogP contribution in [0.5, 0.6) is 11.5 Å². The molecule has 0 aliphatic heterocycles. The number of benzene rings is 1. The summed E-state index contributed by atoms with van der Waals surface area (Å²) in [7, 11) is 2.84. The van der Waals surface area contributed by atoms with Gasteiger partial charge in [-0.25, -0.2) is 4.79 Å². The SMILES string of the molecule is CNC(=O)CNC(=O)COC(=O)COc1ccc(C(C)=O)cc1OC. The van der Waals surface area contributed by atoms with E-state index in [-0.39, 0.29) is 24.0 Å². The number of carbonyl (C=O) groups excluding carboxylic acids is 4. The standard InChI is InChI=1S/C16H20N2O7/c1-10(19)11-4-5-12(13(6-11)23-3)24-9-16(22)25-8-15(21)18-7-14(20)17-2/h4-6H,7-9H2,1-3H3,(H,17,20)(H,18,21). The van der Waals surface area contributed by atoms with E-state index in [9.17, 15) is 19.2 Å². The van der Waals surface area contributed by atoms with Crippen LogP contribution in [0.3, 0.4) is 0 Å². The number of hydrogen-bond donors (Lipinski definition) is 2. The van der Waals surface area contributed by atoms with Crippen LogP contribution in [0.25, 0.3) is 0 Å². The van der Waals surface area contributed by atoms with Crippen LogP contribution in [0.4, 0.5) is 0 Å². The summed E-state index contributed by atoms with van der Waals surface area (Å²) in [5, 5.41) is 4.61. The quantitative estimate of drug-likeness (QED) is 0.462. The van der Waals surface area contributed by atoms with Crippen LogP contribution in [0.15, 0.2) is 18.2 Å². The maximum Gasteiger partial charge on any atom is 0.344 e. The molecule has 0 bridgehead atoms. The normalized spacial score (nSPS) is 9.72. The van der Waals surface area contributed by atoms with E-state index >= 15 is 0 Å². The molecule has 0 radical (unpaired) electrons. The second-order valence-electron chi connectivity index (χ2n) is 4.82. The minimum Gasteiger partial charge on any atom is -0.493 e. The van der Waals surface area contributed by atoms with Gasteiger partial charge in [0, 0.05) is 12.6 Å². The third-order valence-corrected chi connectivity index (χ3v) is 3.00. The van der Waals surface area contributed by atoms with Crippen LogP contribution in [0.1, 0.15) is 17.3 Å².